The number of hydrogen-bond acceptors (Lipinski definition) is 3. The maximum Gasteiger partial charge on any atom is 0.321 e. The monoisotopic (exact) mass is 340 g/mol. The molecule has 132 valence electrons. The van der Waals surface area contributed by atoms with Gasteiger partial charge >= 0.3 is 6.03 Å². The van der Waals surface area contributed by atoms with Gasteiger partial charge in [-0.2, -0.15) is 0 Å². The van der Waals surface area contributed by atoms with Gasteiger partial charge in [0.15, 0.2) is 0 Å². The molecule has 0 bridgehead atoms. The largest absolute Gasteiger partial charge is 0.496 e. The number of nitrogens with one attached hydrogen (secondary N) is 1. The minimum absolute atomic E-state index is 0.0843. The molecule has 0 aromatic heterocycles. The minimum Gasteiger partial charge on any atom is -0.496 e. The first-order valence-corrected chi connectivity index (χ1v) is 8.53. The number of urea groups is 1. The van der Waals surface area contributed by atoms with E-state index in [0.717, 1.165) is 42.0 Å². The van der Waals surface area contributed by atoms with E-state index in [0.29, 0.717) is 6.54 Å². The second-order valence-electron chi connectivity index (χ2n) is 6.16. The van der Waals surface area contributed by atoms with E-state index >= 15 is 0 Å². The molecule has 1 aliphatic rings. The van der Waals surface area contributed by atoms with E-state index in [2.05, 4.69) is 5.32 Å². The number of nitrogens with zero attached hydrogens (tertiary/aromatic N) is 1. The fraction of sp³-hybridized carbons (Fsp3) is 0.350. The lowest BCUT2D eigenvalue weighted by atomic mass is 10.0. The Balaban J connectivity index is 1.74. The van der Waals surface area contributed by atoms with E-state index in [1.54, 1.807) is 14.2 Å². The highest BCUT2D eigenvalue weighted by atomic mass is 16.5. The smallest absolute Gasteiger partial charge is 0.321 e. The average molecular weight is 340 g/mol. The lowest BCUT2D eigenvalue weighted by Gasteiger charge is -2.31. The third-order valence-electron chi connectivity index (χ3n) is 4.53. The van der Waals surface area contributed by atoms with Crippen LogP contribution >= 0.6 is 0 Å². The highest BCUT2D eigenvalue weighted by Gasteiger charge is 2.23. The molecule has 0 aliphatic carbocycles. The van der Waals surface area contributed by atoms with Gasteiger partial charge in [0.2, 0.25) is 0 Å². The number of likely N-dealkylation sites (tertiary alicyclic amines) is 1. The Hall–Kier alpha value is -2.53. The minimum atomic E-state index is -0.0843. The molecule has 1 aliphatic heterocycles. The number of amides is 2. The predicted octanol–water partition coefficient (Wildman–Crippen LogP) is 4.00. The van der Waals surface area contributed by atoms with E-state index in [4.69, 9.17) is 9.47 Å². The normalized spacial score (nSPS) is 17.2. The van der Waals surface area contributed by atoms with Crippen LogP contribution in [0.2, 0.25) is 0 Å². The maximum atomic E-state index is 12.5. The maximum absolute atomic E-state index is 12.5. The summed E-state index contributed by atoms with van der Waals surface area (Å²) in [7, 11) is 3.36. The third-order valence-corrected chi connectivity index (χ3v) is 4.53. The molecule has 0 radical (unpaired) electrons. The number of hydrogen-bond donors (Lipinski definition) is 1. The second kappa shape index (κ2) is 8.03. The average Bonchev–Trinajstić information content (AvgIpc) is 2.68. The third kappa shape index (κ3) is 4.12. The molecule has 2 amide bonds. The van der Waals surface area contributed by atoms with Crippen molar-refractivity contribution in [3.63, 3.8) is 0 Å². The summed E-state index contributed by atoms with van der Waals surface area (Å²) in [6.45, 7) is 1.40. The van der Waals surface area contributed by atoms with Crippen LogP contribution in [0.25, 0.3) is 11.1 Å². The van der Waals surface area contributed by atoms with Gasteiger partial charge in [-0.25, -0.2) is 4.79 Å². The van der Waals surface area contributed by atoms with Crippen LogP contribution in [0.15, 0.2) is 48.5 Å². The van der Waals surface area contributed by atoms with E-state index in [9.17, 15) is 4.79 Å². The molecule has 5 nitrogen and oxygen atoms in total. The van der Waals surface area contributed by atoms with E-state index in [1.165, 1.54) is 0 Å². The Morgan fingerprint density at radius 3 is 2.80 bits per heavy atom. The Labute approximate surface area is 148 Å². The topological polar surface area (TPSA) is 50.8 Å². The summed E-state index contributed by atoms with van der Waals surface area (Å²) in [6, 6.07) is 15.6. The molecule has 1 heterocycles. The Bertz CT molecular complexity index is 732. The van der Waals surface area contributed by atoms with Crippen LogP contribution in [0.5, 0.6) is 5.75 Å². The molecule has 1 N–H and O–H groups in total. The SMILES string of the molecule is COc1ccccc1-c1cccc(NC(=O)N2CCCC(OC)C2)c1. The summed E-state index contributed by atoms with van der Waals surface area (Å²) < 4.78 is 10.8. The Kier molecular flexibility index (Phi) is 5.56. The van der Waals surface area contributed by atoms with Crippen molar-refractivity contribution in [3.8, 4) is 16.9 Å². The van der Waals surface area contributed by atoms with Crippen molar-refractivity contribution >= 4 is 11.7 Å². The molecule has 0 spiro atoms. The molecule has 1 saturated heterocycles. The molecular weight excluding hydrogens is 316 g/mol. The van der Waals surface area contributed by atoms with Gasteiger partial charge in [0.25, 0.3) is 0 Å². The fourth-order valence-electron chi connectivity index (χ4n) is 3.17. The number of para-hydroxylation sites is 1. The zero-order valence-electron chi connectivity index (χ0n) is 14.7. The van der Waals surface area contributed by atoms with Crippen LogP contribution in [0.1, 0.15) is 12.8 Å². The van der Waals surface area contributed by atoms with Crippen LogP contribution in [0.4, 0.5) is 10.5 Å². The Morgan fingerprint density at radius 2 is 2.00 bits per heavy atom. The van der Waals surface area contributed by atoms with Crippen molar-refractivity contribution in [2.45, 2.75) is 18.9 Å². The number of carbonyl (C=O) groups excluding carboxylic acids is 1. The summed E-state index contributed by atoms with van der Waals surface area (Å²) in [6.07, 6.45) is 2.09. The lowest BCUT2D eigenvalue weighted by molar-refractivity contribution is 0.0458. The summed E-state index contributed by atoms with van der Waals surface area (Å²) in [4.78, 5) is 14.3. The standard InChI is InChI=1S/C20H24N2O3/c1-24-17-9-6-12-22(14-17)20(23)21-16-8-5-7-15(13-16)18-10-3-4-11-19(18)25-2/h3-5,7-8,10-11,13,17H,6,9,12,14H2,1-2H3,(H,21,23). The molecule has 0 saturated carbocycles. The van der Waals surface area contributed by atoms with Gasteiger partial charge in [-0.1, -0.05) is 30.3 Å². The van der Waals surface area contributed by atoms with Crippen molar-refractivity contribution in [3.05, 3.63) is 48.5 Å². The number of carbonyl (C=O) groups is 1. The highest BCUT2D eigenvalue weighted by Crippen LogP contribution is 2.31. The number of rotatable bonds is 4. The lowest BCUT2D eigenvalue weighted by Crippen LogP contribution is -2.44. The summed E-state index contributed by atoms with van der Waals surface area (Å²) >= 11 is 0. The zero-order chi connectivity index (χ0) is 17.6. The van der Waals surface area contributed by atoms with Crippen LogP contribution in [0.3, 0.4) is 0 Å². The molecule has 1 fully saturated rings. The van der Waals surface area contributed by atoms with Gasteiger partial charge < -0.3 is 19.7 Å². The van der Waals surface area contributed by atoms with Crippen LogP contribution in [-0.4, -0.2) is 44.3 Å². The van der Waals surface area contributed by atoms with Crippen molar-refractivity contribution in [2.24, 2.45) is 0 Å². The van der Waals surface area contributed by atoms with Crippen LogP contribution < -0.4 is 10.1 Å². The van der Waals surface area contributed by atoms with E-state index in [-0.39, 0.29) is 12.1 Å². The first-order chi connectivity index (χ1) is 12.2. The number of methoxy groups -OCH3 is 2. The first kappa shape index (κ1) is 17.3. The summed E-state index contributed by atoms with van der Waals surface area (Å²) in [5.74, 6) is 0.810. The van der Waals surface area contributed by atoms with Gasteiger partial charge in [-0.3, -0.25) is 0 Å². The Morgan fingerprint density at radius 1 is 1.16 bits per heavy atom. The summed E-state index contributed by atoms with van der Waals surface area (Å²) in [5, 5.41) is 2.99. The second-order valence-corrected chi connectivity index (χ2v) is 6.16. The quantitative estimate of drug-likeness (QED) is 0.915. The predicted molar refractivity (Wildman–Crippen MR) is 99.1 cm³/mol. The van der Waals surface area contributed by atoms with Gasteiger partial charge in [-0.05, 0) is 36.6 Å². The van der Waals surface area contributed by atoms with Crippen molar-refractivity contribution in [1.82, 2.24) is 4.90 Å². The highest BCUT2D eigenvalue weighted by molar-refractivity contribution is 5.90. The number of ether oxygens (including phenoxy) is 2. The van der Waals surface area contributed by atoms with Crippen LogP contribution in [-0.2, 0) is 4.74 Å². The molecule has 2 aromatic carbocycles. The van der Waals surface area contributed by atoms with Gasteiger partial charge in [0.05, 0.1) is 13.2 Å². The molecule has 5 heteroatoms. The van der Waals surface area contributed by atoms with E-state index < -0.39 is 0 Å². The molecule has 3 rings (SSSR count). The summed E-state index contributed by atoms with van der Waals surface area (Å²) in [5.41, 5.74) is 2.77. The molecule has 1 unspecified atom stereocenters. The zero-order valence-corrected chi connectivity index (χ0v) is 14.7. The van der Waals surface area contributed by atoms with Gasteiger partial charge in [0.1, 0.15) is 5.75 Å². The fourth-order valence-corrected chi connectivity index (χ4v) is 3.17. The van der Waals surface area contributed by atoms with Crippen molar-refractivity contribution < 1.29 is 14.3 Å². The van der Waals surface area contributed by atoms with Crippen molar-refractivity contribution in [2.75, 3.05) is 32.6 Å². The molecule has 1 atom stereocenters. The van der Waals surface area contributed by atoms with Crippen molar-refractivity contribution in [1.29, 1.82) is 0 Å². The number of benzene rings is 2. The molecular formula is C20H24N2O3. The molecule has 25 heavy (non-hydrogen) atoms. The number of piperidine rings is 1. The number of anilines is 1. The van der Waals surface area contributed by atoms with Gasteiger partial charge in [-0.15, -0.1) is 0 Å². The molecule has 2 aromatic rings. The van der Waals surface area contributed by atoms with Crippen LogP contribution in [0, 0.1) is 0 Å². The first-order valence-electron chi connectivity index (χ1n) is 8.53. The van der Waals surface area contributed by atoms with Gasteiger partial charge in [0, 0.05) is 31.5 Å². The van der Waals surface area contributed by atoms with E-state index in [1.807, 2.05) is 53.4 Å².